The van der Waals surface area contributed by atoms with Crippen molar-refractivity contribution >= 4 is 5.91 Å². The Morgan fingerprint density at radius 1 is 0.880 bits per heavy atom. The fraction of sp³-hybridized carbons (Fsp3) is 0.952. The van der Waals surface area contributed by atoms with Gasteiger partial charge in [0.1, 0.15) is 0 Å². The first kappa shape index (κ1) is 19.2. The normalized spacial score (nSPS) is 29.7. The van der Waals surface area contributed by atoms with E-state index in [2.05, 4.69) is 4.90 Å². The summed E-state index contributed by atoms with van der Waals surface area (Å²) in [5.41, 5.74) is 0. The second kappa shape index (κ2) is 9.91. The number of ether oxygens (including phenoxy) is 1. The fourth-order valence-corrected chi connectivity index (χ4v) is 5.06. The van der Waals surface area contributed by atoms with Crippen LogP contribution in [0.15, 0.2) is 0 Å². The summed E-state index contributed by atoms with van der Waals surface area (Å²) in [5.74, 6) is 2.22. The molecule has 25 heavy (non-hydrogen) atoms. The van der Waals surface area contributed by atoms with E-state index in [9.17, 15) is 4.79 Å². The Kier molecular flexibility index (Phi) is 7.60. The zero-order valence-corrected chi connectivity index (χ0v) is 16.3. The predicted molar refractivity (Wildman–Crippen MR) is 102 cm³/mol. The van der Waals surface area contributed by atoms with Gasteiger partial charge in [0.05, 0.1) is 12.7 Å². The molecule has 0 aromatic rings. The van der Waals surface area contributed by atoms with E-state index in [4.69, 9.17) is 4.74 Å². The van der Waals surface area contributed by atoms with Gasteiger partial charge in [-0.25, -0.2) is 0 Å². The molecule has 0 aromatic carbocycles. The summed E-state index contributed by atoms with van der Waals surface area (Å²) in [6, 6.07) is 0. The lowest BCUT2D eigenvalue weighted by Gasteiger charge is -2.35. The number of carbonyl (C=O) groups is 1. The molecule has 3 aliphatic rings. The molecule has 4 nitrogen and oxygen atoms in total. The van der Waals surface area contributed by atoms with Crippen molar-refractivity contribution in [1.29, 1.82) is 0 Å². The zero-order chi connectivity index (χ0) is 17.5. The van der Waals surface area contributed by atoms with Gasteiger partial charge in [0.25, 0.3) is 0 Å². The first-order chi connectivity index (χ1) is 12.2. The molecule has 2 aliphatic carbocycles. The quantitative estimate of drug-likeness (QED) is 0.732. The third-order valence-electron chi connectivity index (χ3n) is 6.76. The molecule has 0 atom stereocenters. The van der Waals surface area contributed by atoms with E-state index >= 15 is 0 Å². The maximum absolute atomic E-state index is 11.4. The first-order valence-corrected chi connectivity index (χ1v) is 10.8. The molecule has 1 saturated heterocycles. The van der Waals surface area contributed by atoms with Gasteiger partial charge >= 0.3 is 0 Å². The molecule has 0 aromatic heterocycles. The van der Waals surface area contributed by atoms with Gasteiger partial charge in [0, 0.05) is 39.6 Å². The smallest absolute Gasteiger partial charge is 0.219 e. The van der Waals surface area contributed by atoms with Gasteiger partial charge in [0.2, 0.25) is 5.91 Å². The van der Waals surface area contributed by atoms with Crippen LogP contribution in [0.4, 0.5) is 0 Å². The Morgan fingerprint density at radius 3 is 2.16 bits per heavy atom. The van der Waals surface area contributed by atoms with Crippen LogP contribution in [0, 0.1) is 11.8 Å². The molecular formula is C21H38N2O2. The van der Waals surface area contributed by atoms with Crippen LogP contribution in [0.25, 0.3) is 0 Å². The van der Waals surface area contributed by atoms with Crippen molar-refractivity contribution in [2.45, 2.75) is 77.2 Å². The molecule has 3 rings (SSSR count). The molecule has 0 spiro atoms. The number of hydrogen-bond donors (Lipinski definition) is 0. The van der Waals surface area contributed by atoms with Crippen molar-refractivity contribution in [1.82, 2.24) is 9.80 Å². The maximum atomic E-state index is 11.4. The maximum Gasteiger partial charge on any atom is 0.219 e. The van der Waals surface area contributed by atoms with Crippen LogP contribution < -0.4 is 0 Å². The first-order valence-electron chi connectivity index (χ1n) is 10.8. The molecule has 1 aliphatic heterocycles. The Balaban J connectivity index is 1.24. The highest BCUT2D eigenvalue weighted by molar-refractivity contribution is 5.73. The van der Waals surface area contributed by atoms with E-state index in [-0.39, 0.29) is 5.91 Å². The molecule has 0 unspecified atom stereocenters. The van der Waals surface area contributed by atoms with Crippen LogP contribution in [-0.2, 0) is 9.53 Å². The average molecular weight is 351 g/mol. The minimum atomic E-state index is 0.209. The molecular weight excluding hydrogens is 312 g/mol. The van der Waals surface area contributed by atoms with Crippen molar-refractivity contribution in [3.63, 3.8) is 0 Å². The summed E-state index contributed by atoms with van der Waals surface area (Å²) >= 11 is 0. The van der Waals surface area contributed by atoms with Crippen LogP contribution in [0.5, 0.6) is 0 Å². The Hall–Kier alpha value is -0.610. The second-order valence-electron chi connectivity index (χ2n) is 8.60. The van der Waals surface area contributed by atoms with Crippen molar-refractivity contribution in [3.05, 3.63) is 0 Å². The molecule has 0 radical (unpaired) electrons. The second-order valence-corrected chi connectivity index (χ2v) is 8.60. The van der Waals surface area contributed by atoms with Crippen LogP contribution in [0.2, 0.25) is 0 Å². The number of nitrogens with zero attached hydrogens (tertiary/aromatic N) is 2. The van der Waals surface area contributed by atoms with Crippen LogP contribution in [0.1, 0.15) is 71.1 Å². The van der Waals surface area contributed by atoms with Crippen molar-refractivity contribution in [3.8, 4) is 0 Å². The van der Waals surface area contributed by atoms with Gasteiger partial charge in [-0.15, -0.1) is 0 Å². The predicted octanol–water partition coefficient (Wildman–Crippen LogP) is 3.70. The number of amides is 1. The van der Waals surface area contributed by atoms with Gasteiger partial charge < -0.3 is 9.64 Å². The summed E-state index contributed by atoms with van der Waals surface area (Å²) in [6.07, 6.45) is 14.7. The third-order valence-corrected chi connectivity index (χ3v) is 6.76. The number of piperazine rings is 1. The molecule has 0 bridgehead atoms. The SMILES string of the molecule is CC(=O)N1CCN(CCOC2CCC(CC3CCCCC3)CC2)CC1. The van der Waals surface area contributed by atoms with Crippen LogP contribution in [-0.4, -0.2) is 61.1 Å². The number of carbonyl (C=O) groups excluding carboxylic acids is 1. The summed E-state index contributed by atoms with van der Waals surface area (Å²) in [4.78, 5) is 15.7. The van der Waals surface area contributed by atoms with E-state index in [1.54, 1.807) is 6.92 Å². The lowest BCUT2D eigenvalue weighted by molar-refractivity contribution is -0.130. The monoisotopic (exact) mass is 350 g/mol. The average Bonchev–Trinajstić information content (AvgIpc) is 2.64. The van der Waals surface area contributed by atoms with E-state index in [1.165, 1.54) is 64.2 Å². The highest BCUT2D eigenvalue weighted by atomic mass is 16.5. The van der Waals surface area contributed by atoms with E-state index in [1.807, 2.05) is 4.90 Å². The summed E-state index contributed by atoms with van der Waals surface area (Å²) in [7, 11) is 0. The molecule has 2 saturated carbocycles. The number of hydrogen-bond acceptors (Lipinski definition) is 3. The lowest BCUT2D eigenvalue weighted by atomic mass is 9.77. The van der Waals surface area contributed by atoms with Gasteiger partial charge in [-0.1, -0.05) is 32.1 Å². The Bertz CT molecular complexity index is 393. The van der Waals surface area contributed by atoms with Crippen molar-refractivity contribution in [2.75, 3.05) is 39.3 Å². The van der Waals surface area contributed by atoms with E-state index in [0.717, 1.165) is 51.2 Å². The van der Waals surface area contributed by atoms with Crippen molar-refractivity contribution < 1.29 is 9.53 Å². The highest BCUT2D eigenvalue weighted by Crippen LogP contribution is 2.35. The Labute approximate surface area is 154 Å². The third kappa shape index (κ3) is 6.25. The van der Waals surface area contributed by atoms with Crippen LogP contribution in [0.3, 0.4) is 0 Å². The molecule has 144 valence electrons. The van der Waals surface area contributed by atoms with Crippen LogP contribution >= 0.6 is 0 Å². The minimum absolute atomic E-state index is 0.209. The van der Waals surface area contributed by atoms with Gasteiger partial charge in [-0.2, -0.15) is 0 Å². The topological polar surface area (TPSA) is 32.8 Å². The van der Waals surface area contributed by atoms with Gasteiger partial charge in [0.15, 0.2) is 0 Å². The summed E-state index contributed by atoms with van der Waals surface area (Å²) in [6.45, 7) is 7.30. The largest absolute Gasteiger partial charge is 0.377 e. The molecule has 0 N–H and O–H groups in total. The standard InChI is InChI=1S/C21H38N2O2/c1-18(24)23-13-11-22(12-14-23)15-16-25-21-9-7-20(8-10-21)17-19-5-3-2-4-6-19/h19-21H,2-17H2,1H3. The lowest BCUT2D eigenvalue weighted by Crippen LogP contribution is -2.48. The summed E-state index contributed by atoms with van der Waals surface area (Å²) < 4.78 is 6.18. The molecule has 1 amide bonds. The molecule has 1 heterocycles. The van der Waals surface area contributed by atoms with E-state index in [0.29, 0.717) is 6.10 Å². The summed E-state index contributed by atoms with van der Waals surface area (Å²) in [5, 5.41) is 0. The van der Waals surface area contributed by atoms with Gasteiger partial charge in [-0.3, -0.25) is 9.69 Å². The number of rotatable bonds is 6. The van der Waals surface area contributed by atoms with E-state index < -0.39 is 0 Å². The minimum Gasteiger partial charge on any atom is -0.377 e. The molecule has 4 heteroatoms. The Morgan fingerprint density at radius 2 is 1.52 bits per heavy atom. The highest BCUT2D eigenvalue weighted by Gasteiger charge is 2.25. The zero-order valence-electron chi connectivity index (χ0n) is 16.3. The van der Waals surface area contributed by atoms with Gasteiger partial charge in [-0.05, 0) is 43.9 Å². The fourth-order valence-electron chi connectivity index (χ4n) is 5.06. The van der Waals surface area contributed by atoms with Crippen molar-refractivity contribution in [2.24, 2.45) is 11.8 Å². The molecule has 3 fully saturated rings.